The minimum Gasteiger partial charge on any atom is -0.492 e. The Morgan fingerprint density at radius 2 is 2.16 bits per heavy atom. The summed E-state index contributed by atoms with van der Waals surface area (Å²) in [5.41, 5.74) is 5.77. The van der Waals surface area contributed by atoms with Crippen molar-refractivity contribution in [3.05, 3.63) is 30.3 Å². The number of hydrogen-bond donors (Lipinski definition) is 2. The van der Waals surface area contributed by atoms with Gasteiger partial charge >= 0.3 is 0 Å². The molecule has 0 aliphatic carbocycles. The van der Waals surface area contributed by atoms with Crippen LogP contribution in [0.15, 0.2) is 30.3 Å². The monoisotopic (exact) mass is 282 g/mol. The molecule has 0 saturated carbocycles. The third-order valence-corrected chi connectivity index (χ3v) is 3.66. The molecule has 0 saturated heterocycles. The number of hydrogen-bond acceptors (Lipinski definition) is 4. The standard InChI is InChI=1S/C14H22N2O2S/c1-2-12(15)10-19-11-14(17)16-8-9-18-13-6-4-3-5-7-13/h3-7,12H,2,8-11,15H2,1H3,(H,16,17). The molecule has 1 aromatic carbocycles. The van der Waals surface area contributed by atoms with E-state index < -0.39 is 0 Å². The maximum absolute atomic E-state index is 11.5. The quantitative estimate of drug-likeness (QED) is 0.676. The van der Waals surface area contributed by atoms with Gasteiger partial charge in [-0.25, -0.2) is 0 Å². The van der Waals surface area contributed by atoms with Gasteiger partial charge in [-0.05, 0) is 18.6 Å². The molecule has 3 N–H and O–H groups in total. The number of thioether (sulfide) groups is 1. The van der Waals surface area contributed by atoms with Crippen LogP contribution in [0.5, 0.6) is 5.75 Å². The number of carbonyl (C=O) groups excluding carboxylic acids is 1. The molecule has 1 amide bonds. The molecule has 106 valence electrons. The van der Waals surface area contributed by atoms with Crippen molar-refractivity contribution in [1.82, 2.24) is 5.32 Å². The highest BCUT2D eigenvalue weighted by molar-refractivity contribution is 7.99. The molecule has 0 spiro atoms. The molecule has 1 unspecified atom stereocenters. The van der Waals surface area contributed by atoms with Crippen LogP contribution in [-0.2, 0) is 4.79 Å². The molecule has 0 bridgehead atoms. The van der Waals surface area contributed by atoms with Gasteiger partial charge in [-0.2, -0.15) is 11.8 Å². The van der Waals surface area contributed by atoms with E-state index in [0.29, 0.717) is 18.9 Å². The Bertz CT molecular complexity index is 360. The van der Waals surface area contributed by atoms with E-state index in [-0.39, 0.29) is 11.9 Å². The first-order valence-electron chi connectivity index (χ1n) is 6.50. The van der Waals surface area contributed by atoms with Gasteiger partial charge < -0.3 is 15.8 Å². The van der Waals surface area contributed by atoms with Gasteiger partial charge in [-0.3, -0.25) is 4.79 Å². The first kappa shape index (κ1) is 15.9. The zero-order valence-electron chi connectivity index (χ0n) is 11.3. The highest BCUT2D eigenvalue weighted by Crippen LogP contribution is 2.07. The summed E-state index contributed by atoms with van der Waals surface area (Å²) in [6, 6.07) is 9.74. The fourth-order valence-corrected chi connectivity index (χ4v) is 2.29. The lowest BCUT2D eigenvalue weighted by molar-refractivity contribution is -0.118. The topological polar surface area (TPSA) is 64.4 Å². The van der Waals surface area contributed by atoms with Crippen molar-refractivity contribution in [2.24, 2.45) is 5.73 Å². The molecule has 1 atom stereocenters. The summed E-state index contributed by atoms with van der Waals surface area (Å²) in [7, 11) is 0. The van der Waals surface area contributed by atoms with Crippen LogP contribution < -0.4 is 15.8 Å². The number of rotatable bonds is 9. The highest BCUT2D eigenvalue weighted by Gasteiger charge is 2.03. The normalized spacial score (nSPS) is 11.9. The average molecular weight is 282 g/mol. The molecule has 0 aliphatic rings. The van der Waals surface area contributed by atoms with Crippen LogP contribution in [0.25, 0.3) is 0 Å². The molecule has 0 heterocycles. The van der Waals surface area contributed by atoms with Crippen LogP contribution in [0, 0.1) is 0 Å². The van der Waals surface area contributed by atoms with Crippen LogP contribution >= 0.6 is 11.8 Å². The number of amides is 1. The Hall–Kier alpha value is -1.20. The second-order valence-electron chi connectivity index (χ2n) is 4.19. The second kappa shape index (κ2) is 9.69. The van der Waals surface area contributed by atoms with E-state index in [0.717, 1.165) is 17.9 Å². The van der Waals surface area contributed by atoms with E-state index in [4.69, 9.17) is 10.5 Å². The van der Waals surface area contributed by atoms with Crippen molar-refractivity contribution in [2.75, 3.05) is 24.7 Å². The maximum atomic E-state index is 11.5. The molecule has 1 aromatic rings. The third-order valence-electron chi connectivity index (χ3n) is 2.53. The maximum Gasteiger partial charge on any atom is 0.230 e. The summed E-state index contributed by atoms with van der Waals surface area (Å²) in [5.74, 6) is 2.13. The molecular formula is C14H22N2O2S. The van der Waals surface area contributed by atoms with E-state index in [2.05, 4.69) is 5.32 Å². The first-order chi connectivity index (χ1) is 9.22. The number of nitrogens with two attached hydrogens (primary N) is 1. The van der Waals surface area contributed by atoms with Crippen molar-refractivity contribution in [3.63, 3.8) is 0 Å². The summed E-state index contributed by atoms with van der Waals surface area (Å²) < 4.78 is 5.47. The van der Waals surface area contributed by atoms with Gasteiger partial charge in [0.2, 0.25) is 5.91 Å². The zero-order valence-corrected chi connectivity index (χ0v) is 12.1. The molecule has 19 heavy (non-hydrogen) atoms. The zero-order chi connectivity index (χ0) is 13.9. The van der Waals surface area contributed by atoms with Gasteiger partial charge in [0.1, 0.15) is 12.4 Å². The predicted octanol–water partition coefficient (Wildman–Crippen LogP) is 1.65. The number of para-hydroxylation sites is 1. The van der Waals surface area contributed by atoms with Crippen molar-refractivity contribution < 1.29 is 9.53 Å². The Kier molecular flexibility index (Phi) is 8.09. The minimum absolute atomic E-state index is 0.0324. The van der Waals surface area contributed by atoms with Crippen LogP contribution in [0.1, 0.15) is 13.3 Å². The second-order valence-corrected chi connectivity index (χ2v) is 5.23. The number of carbonyl (C=O) groups is 1. The summed E-state index contributed by atoms with van der Waals surface area (Å²) in [6.45, 7) is 3.05. The van der Waals surface area contributed by atoms with E-state index in [1.165, 1.54) is 0 Å². The van der Waals surface area contributed by atoms with Crippen molar-refractivity contribution in [2.45, 2.75) is 19.4 Å². The molecule has 0 fully saturated rings. The summed E-state index contributed by atoms with van der Waals surface area (Å²) in [6.07, 6.45) is 0.944. The molecule has 0 radical (unpaired) electrons. The van der Waals surface area contributed by atoms with Crippen LogP contribution in [0.4, 0.5) is 0 Å². The lowest BCUT2D eigenvalue weighted by atomic mass is 10.3. The van der Waals surface area contributed by atoms with Gasteiger partial charge in [0.25, 0.3) is 0 Å². The highest BCUT2D eigenvalue weighted by atomic mass is 32.2. The SMILES string of the molecule is CCC(N)CSCC(=O)NCCOc1ccccc1. The van der Waals surface area contributed by atoms with E-state index >= 15 is 0 Å². The van der Waals surface area contributed by atoms with Gasteiger partial charge in [0, 0.05) is 11.8 Å². The fourth-order valence-electron chi connectivity index (χ4n) is 1.35. The number of nitrogens with one attached hydrogen (secondary N) is 1. The number of ether oxygens (including phenoxy) is 1. The van der Waals surface area contributed by atoms with Gasteiger partial charge in [-0.1, -0.05) is 25.1 Å². The molecule has 0 aromatic heterocycles. The van der Waals surface area contributed by atoms with Crippen LogP contribution in [0.2, 0.25) is 0 Å². The molecule has 5 heteroatoms. The van der Waals surface area contributed by atoms with Gasteiger partial charge in [0.15, 0.2) is 0 Å². The third kappa shape index (κ3) is 7.74. The van der Waals surface area contributed by atoms with E-state index in [9.17, 15) is 4.79 Å². The van der Waals surface area contributed by atoms with Crippen molar-refractivity contribution >= 4 is 17.7 Å². The Morgan fingerprint density at radius 1 is 1.42 bits per heavy atom. The average Bonchev–Trinajstić information content (AvgIpc) is 2.44. The Morgan fingerprint density at radius 3 is 2.84 bits per heavy atom. The van der Waals surface area contributed by atoms with Crippen molar-refractivity contribution in [3.8, 4) is 5.75 Å². The largest absolute Gasteiger partial charge is 0.492 e. The van der Waals surface area contributed by atoms with Crippen LogP contribution in [-0.4, -0.2) is 36.6 Å². The molecular weight excluding hydrogens is 260 g/mol. The van der Waals surface area contributed by atoms with E-state index in [1.807, 2.05) is 37.3 Å². The van der Waals surface area contributed by atoms with Gasteiger partial charge in [-0.15, -0.1) is 0 Å². The lowest BCUT2D eigenvalue weighted by Gasteiger charge is -2.09. The fraction of sp³-hybridized carbons (Fsp3) is 0.500. The summed E-state index contributed by atoms with van der Waals surface area (Å²) in [5, 5.41) is 2.82. The molecule has 4 nitrogen and oxygen atoms in total. The molecule has 0 aliphatic heterocycles. The van der Waals surface area contributed by atoms with Crippen molar-refractivity contribution in [1.29, 1.82) is 0 Å². The summed E-state index contributed by atoms with van der Waals surface area (Å²) >= 11 is 1.57. The van der Waals surface area contributed by atoms with E-state index in [1.54, 1.807) is 11.8 Å². The number of benzene rings is 1. The lowest BCUT2D eigenvalue weighted by Crippen LogP contribution is -2.30. The Balaban J connectivity index is 2.01. The molecule has 1 rings (SSSR count). The predicted molar refractivity (Wildman–Crippen MR) is 80.5 cm³/mol. The smallest absolute Gasteiger partial charge is 0.230 e. The summed E-state index contributed by atoms with van der Waals surface area (Å²) in [4.78, 5) is 11.5. The Labute approximate surface area is 119 Å². The van der Waals surface area contributed by atoms with Crippen LogP contribution in [0.3, 0.4) is 0 Å². The minimum atomic E-state index is 0.0324. The van der Waals surface area contributed by atoms with Gasteiger partial charge in [0.05, 0.1) is 12.3 Å². The first-order valence-corrected chi connectivity index (χ1v) is 7.65.